The van der Waals surface area contributed by atoms with Crippen molar-refractivity contribution in [3.05, 3.63) is 24.3 Å². The van der Waals surface area contributed by atoms with E-state index in [1.54, 1.807) is 0 Å². The van der Waals surface area contributed by atoms with Gasteiger partial charge in [-0.05, 0) is 31.6 Å². The highest BCUT2D eigenvalue weighted by molar-refractivity contribution is 5.42. The molecule has 0 saturated heterocycles. The van der Waals surface area contributed by atoms with Gasteiger partial charge in [0, 0.05) is 26.5 Å². The van der Waals surface area contributed by atoms with E-state index >= 15 is 0 Å². The third-order valence-electron chi connectivity index (χ3n) is 3.86. The van der Waals surface area contributed by atoms with Gasteiger partial charge in [0.25, 0.3) is 5.79 Å². The first-order chi connectivity index (χ1) is 10.2. The second-order valence-corrected chi connectivity index (χ2v) is 5.53. The van der Waals surface area contributed by atoms with Crippen LogP contribution in [0.5, 0.6) is 11.5 Å². The molecule has 0 aliphatic carbocycles. The van der Waals surface area contributed by atoms with Crippen LogP contribution in [-0.4, -0.2) is 43.5 Å². The number of hydrogen-bond acceptors (Lipinski definition) is 4. The van der Waals surface area contributed by atoms with Crippen molar-refractivity contribution in [1.82, 2.24) is 4.90 Å². The maximum atomic E-state index is 5.86. The molecule has 0 amide bonds. The van der Waals surface area contributed by atoms with Gasteiger partial charge in [0.2, 0.25) is 0 Å². The topological polar surface area (TPSA) is 30.9 Å². The van der Waals surface area contributed by atoms with E-state index in [1.807, 2.05) is 31.2 Å². The summed E-state index contributed by atoms with van der Waals surface area (Å²) in [5.74, 6) is 1.05. The molecule has 0 radical (unpaired) electrons. The first kappa shape index (κ1) is 16.1. The molecule has 0 fully saturated rings. The molecule has 4 heteroatoms. The standard InChI is InChI=1S/C17H27NO3/c1-4-18(5-2)12-8-13-19-14-11-17(3)20-15-9-6-7-10-16(15)21-17/h6-7,9-10H,4-5,8,11-14H2,1-3H3. The summed E-state index contributed by atoms with van der Waals surface area (Å²) in [4.78, 5) is 2.41. The van der Waals surface area contributed by atoms with Crippen LogP contribution in [0.25, 0.3) is 0 Å². The average Bonchev–Trinajstić information content (AvgIpc) is 2.83. The molecular formula is C17H27NO3. The summed E-state index contributed by atoms with van der Waals surface area (Å²) in [6, 6.07) is 7.78. The van der Waals surface area contributed by atoms with E-state index in [4.69, 9.17) is 14.2 Å². The van der Waals surface area contributed by atoms with Crippen molar-refractivity contribution in [1.29, 1.82) is 0 Å². The molecule has 0 spiro atoms. The van der Waals surface area contributed by atoms with Crippen molar-refractivity contribution in [3.8, 4) is 11.5 Å². The Hall–Kier alpha value is -1.26. The van der Waals surface area contributed by atoms with Crippen molar-refractivity contribution in [2.45, 2.75) is 39.4 Å². The van der Waals surface area contributed by atoms with Crippen LogP contribution in [0.2, 0.25) is 0 Å². The Labute approximate surface area is 128 Å². The Morgan fingerprint density at radius 3 is 2.24 bits per heavy atom. The highest BCUT2D eigenvalue weighted by Gasteiger charge is 2.36. The van der Waals surface area contributed by atoms with Crippen molar-refractivity contribution in [2.24, 2.45) is 0 Å². The van der Waals surface area contributed by atoms with Crippen LogP contribution < -0.4 is 9.47 Å². The minimum Gasteiger partial charge on any atom is -0.449 e. The van der Waals surface area contributed by atoms with Gasteiger partial charge in [-0.2, -0.15) is 0 Å². The predicted molar refractivity (Wildman–Crippen MR) is 83.9 cm³/mol. The monoisotopic (exact) mass is 293 g/mol. The SMILES string of the molecule is CCN(CC)CCCOCCC1(C)Oc2ccccc2O1. The predicted octanol–water partition coefficient (Wildman–Crippen LogP) is 3.31. The number of para-hydroxylation sites is 2. The van der Waals surface area contributed by atoms with E-state index in [0.717, 1.165) is 50.6 Å². The maximum Gasteiger partial charge on any atom is 0.251 e. The maximum absolute atomic E-state index is 5.86. The van der Waals surface area contributed by atoms with Gasteiger partial charge < -0.3 is 19.1 Å². The van der Waals surface area contributed by atoms with Crippen LogP contribution in [0.3, 0.4) is 0 Å². The second kappa shape index (κ2) is 7.66. The van der Waals surface area contributed by atoms with Crippen molar-refractivity contribution < 1.29 is 14.2 Å². The molecule has 21 heavy (non-hydrogen) atoms. The molecule has 1 aliphatic rings. The number of benzene rings is 1. The largest absolute Gasteiger partial charge is 0.449 e. The third-order valence-corrected chi connectivity index (χ3v) is 3.86. The third kappa shape index (κ3) is 4.61. The Kier molecular flexibility index (Phi) is 5.88. The van der Waals surface area contributed by atoms with Gasteiger partial charge in [-0.15, -0.1) is 0 Å². The Bertz CT molecular complexity index is 407. The molecule has 0 aromatic heterocycles. The zero-order valence-corrected chi connectivity index (χ0v) is 13.4. The number of fused-ring (bicyclic) bond motifs is 1. The normalized spacial score (nSPS) is 15.6. The molecule has 1 heterocycles. The van der Waals surface area contributed by atoms with Crippen LogP contribution in [0.4, 0.5) is 0 Å². The second-order valence-electron chi connectivity index (χ2n) is 5.53. The first-order valence-electron chi connectivity index (χ1n) is 7.94. The summed E-state index contributed by atoms with van der Waals surface area (Å²) in [6.07, 6.45) is 1.80. The van der Waals surface area contributed by atoms with Gasteiger partial charge in [0.05, 0.1) is 6.61 Å². The molecule has 0 bridgehead atoms. The lowest BCUT2D eigenvalue weighted by Crippen LogP contribution is -2.36. The minimum atomic E-state index is -0.595. The van der Waals surface area contributed by atoms with Crippen molar-refractivity contribution in [2.75, 3.05) is 32.8 Å². The van der Waals surface area contributed by atoms with E-state index in [2.05, 4.69) is 18.7 Å². The van der Waals surface area contributed by atoms with E-state index in [0.29, 0.717) is 6.61 Å². The van der Waals surface area contributed by atoms with E-state index in [-0.39, 0.29) is 0 Å². The van der Waals surface area contributed by atoms with E-state index in [9.17, 15) is 0 Å². The lowest BCUT2D eigenvalue weighted by Gasteiger charge is -2.23. The number of nitrogens with zero attached hydrogens (tertiary/aromatic N) is 1. The first-order valence-corrected chi connectivity index (χ1v) is 7.94. The summed E-state index contributed by atoms with van der Waals surface area (Å²) in [7, 11) is 0. The van der Waals surface area contributed by atoms with Gasteiger partial charge in [0.15, 0.2) is 11.5 Å². The molecule has 118 valence electrons. The molecule has 4 nitrogen and oxygen atoms in total. The summed E-state index contributed by atoms with van der Waals surface area (Å²) in [5, 5.41) is 0. The van der Waals surface area contributed by atoms with Crippen molar-refractivity contribution in [3.63, 3.8) is 0 Å². The van der Waals surface area contributed by atoms with Crippen LogP contribution in [0.1, 0.15) is 33.6 Å². The molecule has 2 rings (SSSR count). The van der Waals surface area contributed by atoms with Gasteiger partial charge in [-0.25, -0.2) is 0 Å². The summed E-state index contributed by atoms with van der Waals surface area (Å²) in [5.41, 5.74) is 0. The summed E-state index contributed by atoms with van der Waals surface area (Å²) < 4.78 is 17.4. The van der Waals surface area contributed by atoms with Gasteiger partial charge in [0.1, 0.15) is 0 Å². The number of hydrogen-bond donors (Lipinski definition) is 0. The molecule has 0 N–H and O–H groups in total. The lowest BCUT2D eigenvalue weighted by atomic mass is 10.2. The van der Waals surface area contributed by atoms with Crippen LogP contribution in [-0.2, 0) is 4.74 Å². The molecule has 0 unspecified atom stereocenters. The zero-order valence-electron chi connectivity index (χ0n) is 13.4. The van der Waals surface area contributed by atoms with Crippen LogP contribution >= 0.6 is 0 Å². The fraction of sp³-hybridized carbons (Fsp3) is 0.647. The fourth-order valence-corrected chi connectivity index (χ4v) is 2.50. The Morgan fingerprint density at radius 2 is 1.67 bits per heavy atom. The smallest absolute Gasteiger partial charge is 0.251 e. The minimum absolute atomic E-state index is 0.595. The quantitative estimate of drug-likeness (QED) is 0.654. The number of rotatable bonds is 9. The van der Waals surface area contributed by atoms with E-state index in [1.165, 1.54) is 0 Å². The molecule has 1 aromatic rings. The Balaban J connectivity index is 1.62. The van der Waals surface area contributed by atoms with Gasteiger partial charge in [-0.1, -0.05) is 26.0 Å². The molecule has 1 aliphatic heterocycles. The Morgan fingerprint density at radius 1 is 1.05 bits per heavy atom. The zero-order chi connectivity index (χ0) is 15.1. The van der Waals surface area contributed by atoms with Crippen molar-refractivity contribution >= 4 is 0 Å². The molecule has 0 saturated carbocycles. The summed E-state index contributed by atoms with van der Waals surface area (Å²) >= 11 is 0. The van der Waals surface area contributed by atoms with Crippen LogP contribution in [0.15, 0.2) is 24.3 Å². The molecule has 0 atom stereocenters. The fourth-order valence-electron chi connectivity index (χ4n) is 2.50. The van der Waals surface area contributed by atoms with Crippen LogP contribution in [0, 0.1) is 0 Å². The molecule has 1 aromatic carbocycles. The average molecular weight is 293 g/mol. The highest BCUT2D eigenvalue weighted by atomic mass is 16.7. The summed E-state index contributed by atoms with van der Waals surface area (Å²) in [6.45, 7) is 11.1. The lowest BCUT2D eigenvalue weighted by molar-refractivity contribution is -0.0837. The van der Waals surface area contributed by atoms with Gasteiger partial charge >= 0.3 is 0 Å². The van der Waals surface area contributed by atoms with Gasteiger partial charge in [-0.3, -0.25) is 0 Å². The molecular weight excluding hydrogens is 266 g/mol. The van der Waals surface area contributed by atoms with E-state index < -0.39 is 5.79 Å². The number of ether oxygens (including phenoxy) is 3. The highest BCUT2D eigenvalue weighted by Crippen LogP contribution is 2.40.